The van der Waals surface area contributed by atoms with Crippen molar-refractivity contribution in [2.24, 2.45) is 5.92 Å². The topological polar surface area (TPSA) is 65.8 Å². The summed E-state index contributed by atoms with van der Waals surface area (Å²) in [5.74, 6) is 0.628. The molecular weight excluding hydrogens is 350 g/mol. The largest absolute Gasteiger partial charge is 0.270 e. The fourth-order valence-corrected chi connectivity index (χ4v) is 3.52. The van der Waals surface area contributed by atoms with Gasteiger partial charge in [0, 0.05) is 35.6 Å². The van der Waals surface area contributed by atoms with Gasteiger partial charge in [0.05, 0.1) is 41.7 Å². The zero-order valence-electron chi connectivity index (χ0n) is 17.1. The number of aromatic nitrogens is 7. The van der Waals surface area contributed by atoms with Crippen molar-refractivity contribution in [3.63, 3.8) is 0 Å². The smallest absolute Gasteiger partial charge is 0.0999 e. The van der Waals surface area contributed by atoms with Crippen molar-refractivity contribution in [3.05, 3.63) is 43.2 Å². The van der Waals surface area contributed by atoms with Gasteiger partial charge in [-0.3, -0.25) is 9.36 Å². The molecule has 0 aromatic carbocycles. The molecule has 4 aromatic heterocycles. The van der Waals surface area contributed by atoms with Gasteiger partial charge in [0.15, 0.2) is 0 Å². The standard InChI is InChI=1S/C21H27N7/c1-14(2)8-16(5)27-12-18(10-24-27)21-20-6-7-22-28(20)13-19(25-21)17-9-23-26(11-17)15(3)4/h6-7,9-16H,8H2,1-5H3/t16-/m1/s1. The average molecular weight is 377 g/mol. The number of rotatable bonds is 6. The first-order valence-corrected chi connectivity index (χ1v) is 9.86. The maximum absolute atomic E-state index is 4.95. The van der Waals surface area contributed by atoms with E-state index in [0.29, 0.717) is 18.0 Å². The summed E-state index contributed by atoms with van der Waals surface area (Å²) in [6.07, 6.45) is 12.7. The third kappa shape index (κ3) is 3.44. The first-order valence-electron chi connectivity index (χ1n) is 9.86. The highest BCUT2D eigenvalue weighted by Crippen LogP contribution is 2.28. The van der Waals surface area contributed by atoms with Crippen LogP contribution in [0, 0.1) is 5.92 Å². The Morgan fingerprint density at radius 3 is 2.29 bits per heavy atom. The molecule has 4 heterocycles. The van der Waals surface area contributed by atoms with Crippen LogP contribution < -0.4 is 0 Å². The van der Waals surface area contributed by atoms with Crippen LogP contribution >= 0.6 is 0 Å². The minimum Gasteiger partial charge on any atom is -0.270 e. The van der Waals surface area contributed by atoms with Crippen molar-refractivity contribution < 1.29 is 0 Å². The SMILES string of the molecule is CC(C)C[C@@H](C)n1cc(-c2nc(-c3cnn(C(C)C)c3)cn3nccc23)cn1. The van der Waals surface area contributed by atoms with Crippen molar-refractivity contribution in [1.29, 1.82) is 0 Å². The molecule has 7 heteroatoms. The molecule has 0 amide bonds. The van der Waals surface area contributed by atoms with Crippen LogP contribution in [0.1, 0.15) is 53.1 Å². The third-order valence-electron chi connectivity index (χ3n) is 4.96. The highest BCUT2D eigenvalue weighted by molar-refractivity contribution is 5.78. The van der Waals surface area contributed by atoms with Gasteiger partial charge in [-0.15, -0.1) is 0 Å². The molecule has 0 aliphatic carbocycles. The van der Waals surface area contributed by atoms with Gasteiger partial charge in [-0.1, -0.05) is 13.8 Å². The van der Waals surface area contributed by atoms with Gasteiger partial charge >= 0.3 is 0 Å². The molecule has 0 radical (unpaired) electrons. The molecule has 0 saturated heterocycles. The van der Waals surface area contributed by atoms with Crippen molar-refractivity contribution in [2.45, 2.75) is 53.1 Å². The summed E-state index contributed by atoms with van der Waals surface area (Å²) in [5.41, 5.74) is 4.68. The Morgan fingerprint density at radius 2 is 1.57 bits per heavy atom. The molecule has 0 N–H and O–H groups in total. The van der Waals surface area contributed by atoms with Crippen molar-refractivity contribution in [3.8, 4) is 22.5 Å². The zero-order valence-corrected chi connectivity index (χ0v) is 17.1. The molecule has 4 aromatic rings. The molecule has 146 valence electrons. The predicted octanol–water partition coefficient (Wildman–Crippen LogP) is 4.64. The Labute approximate surface area is 165 Å². The van der Waals surface area contributed by atoms with E-state index in [1.54, 1.807) is 6.20 Å². The van der Waals surface area contributed by atoms with E-state index in [9.17, 15) is 0 Å². The van der Waals surface area contributed by atoms with Crippen molar-refractivity contribution >= 4 is 5.52 Å². The summed E-state index contributed by atoms with van der Waals surface area (Å²) in [6.45, 7) is 10.9. The monoisotopic (exact) mass is 377 g/mol. The van der Waals surface area contributed by atoms with Crippen LogP contribution in [-0.2, 0) is 0 Å². The average Bonchev–Trinajstić information content (AvgIpc) is 3.38. The first-order chi connectivity index (χ1) is 13.4. The van der Waals surface area contributed by atoms with Crippen LogP contribution in [0.4, 0.5) is 0 Å². The number of fused-ring (bicyclic) bond motifs is 1. The third-order valence-corrected chi connectivity index (χ3v) is 4.96. The normalized spacial score (nSPS) is 13.1. The molecule has 7 nitrogen and oxygen atoms in total. The van der Waals surface area contributed by atoms with Gasteiger partial charge in [-0.2, -0.15) is 15.3 Å². The van der Waals surface area contributed by atoms with Crippen LogP contribution in [0.15, 0.2) is 43.2 Å². The van der Waals surface area contributed by atoms with E-state index in [4.69, 9.17) is 4.98 Å². The highest BCUT2D eigenvalue weighted by atomic mass is 15.3. The van der Waals surface area contributed by atoms with Crippen LogP contribution in [0.2, 0.25) is 0 Å². The summed E-state index contributed by atoms with van der Waals surface area (Å²) < 4.78 is 5.85. The summed E-state index contributed by atoms with van der Waals surface area (Å²) in [7, 11) is 0. The molecule has 0 fully saturated rings. The van der Waals surface area contributed by atoms with E-state index in [2.05, 4.69) is 56.1 Å². The molecule has 0 aliphatic heterocycles. The Balaban J connectivity index is 1.76. The minimum atomic E-state index is 0.308. The summed E-state index contributed by atoms with van der Waals surface area (Å²) in [6, 6.07) is 2.64. The summed E-state index contributed by atoms with van der Waals surface area (Å²) >= 11 is 0. The molecule has 0 spiro atoms. The lowest BCUT2D eigenvalue weighted by Gasteiger charge is -2.14. The lowest BCUT2D eigenvalue weighted by Crippen LogP contribution is -2.08. The van der Waals surface area contributed by atoms with E-state index in [0.717, 1.165) is 34.5 Å². The lowest BCUT2D eigenvalue weighted by molar-refractivity contribution is 0.398. The van der Waals surface area contributed by atoms with Gasteiger partial charge in [0.25, 0.3) is 0 Å². The van der Waals surface area contributed by atoms with E-state index in [1.165, 1.54) is 0 Å². The quantitative estimate of drug-likeness (QED) is 0.491. The van der Waals surface area contributed by atoms with E-state index in [-0.39, 0.29) is 0 Å². The Bertz CT molecular complexity index is 1080. The molecular formula is C21H27N7. The predicted molar refractivity (Wildman–Crippen MR) is 110 cm³/mol. The van der Waals surface area contributed by atoms with Crippen molar-refractivity contribution in [1.82, 2.24) is 34.2 Å². The number of nitrogens with zero attached hydrogens (tertiary/aromatic N) is 7. The summed E-state index contributed by atoms with van der Waals surface area (Å²) in [4.78, 5) is 4.95. The Hall–Kier alpha value is -2.96. The second-order valence-electron chi connectivity index (χ2n) is 8.13. The second kappa shape index (κ2) is 7.22. The van der Waals surface area contributed by atoms with Gasteiger partial charge in [-0.25, -0.2) is 9.50 Å². The minimum absolute atomic E-state index is 0.308. The van der Waals surface area contributed by atoms with Crippen LogP contribution in [0.5, 0.6) is 0 Å². The van der Waals surface area contributed by atoms with Crippen LogP contribution in [0.25, 0.3) is 28.0 Å². The maximum atomic E-state index is 4.95. The maximum Gasteiger partial charge on any atom is 0.0999 e. The fraction of sp³-hybridized carbons (Fsp3) is 0.429. The molecule has 0 bridgehead atoms. The number of hydrogen-bond donors (Lipinski definition) is 0. The molecule has 0 saturated carbocycles. The molecule has 4 rings (SSSR count). The second-order valence-corrected chi connectivity index (χ2v) is 8.13. The van der Waals surface area contributed by atoms with Gasteiger partial charge in [0.2, 0.25) is 0 Å². The molecule has 0 aliphatic rings. The van der Waals surface area contributed by atoms with Gasteiger partial charge in [0.1, 0.15) is 0 Å². The van der Waals surface area contributed by atoms with Crippen LogP contribution in [-0.4, -0.2) is 34.2 Å². The molecule has 0 unspecified atom stereocenters. The molecule has 28 heavy (non-hydrogen) atoms. The highest BCUT2D eigenvalue weighted by Gasteiger charge is 2.16. The van der Waals surface area contributed by atoms with Crippen LogP contribution in [0.3, 0.4) is 0 Å². The van der Waals surface area contributed by atoms with Gasteiger partial charge < -0.3 is 0 Å². The fourth-order valence-electron chi connectivity index (χ4n) is 3.52. The number of hydrogen-bond acceptors (Lipinski definition) is 4. The Kier molecular flexibility index (Phi) is 4.75. The first kappa shape index (κ1) is 18.4. The van der Waals surface area contributed by atoms with Crippen molar-refractivity contribution in [2.75, 3.05) is 0 Å². The molecule has 1 atom stereocenters. The zero-order chi connectivity index (χ0) is 19.8. The lowest BCUT2D eigenvalue weighted by atomic mass is 10.1. The van der Waals surface area contributed by atoms with E-state index < -0.39 is 0 Å². The van der Waals surface area contributed by atoms with E-state index in [1.807, 2.05) is 44.7 Å². The Morgan fingerprint density at radius 1 is 0.857 bits per heavy atom. The van der Waals surface area contributed by atoms with Gasteiger partial charge in [-0.05, 0) is 39.2 Å². The summed E-state index contributed by atoms with van der Waals surface area (Å²) in [5, 5.41) is 13.5. The van der Waals surface area contributed by atoms with E-state index >= 15 is 0 Å².